The van der Waals surface area contributed by atoms with E-state index in [1.165, 1.54) is 0 Å². The second-order valence-electron chi connectivity index (χ2n) is 4.15. The lowest BCUT2D eigenvalue weighted by molar-refractivity contribution is -0.123. The normalized spacial score (nSPS) is 16.0. The first kappa shape index (κ1) is 13.5. The van der Waals surface area contributed by atoms with Gasteiger partial charge in [-0.05, 0) is 43.5 Å². The molecule has 0 unspecified atom stereocenters. The van der Waals surface area contributed by atoms with E-state index in [2.05, 4.69) is 5.32 Å². The van der Waals surface area contributed by atoms with Crippen molar-refractivity contribution in [2.24, 2.45) is 5.73 Å². The molecule has 0 saturated heterocycles. The minimum Gasteiger partial charge on any atom is -0.324 e. The van der Waals surface area contributed by atoms with E-state index in [1.54, 1.807) is 24.3 Å². The van der Waals surface area contributed by atoms with Crippen LogP contribution in [0.3, 0.4) is 0 Å². The molecule has 0 bridgehead atoms. The number of hydrogen-bond donors (Lipinski definition) is 2. The number of hydrogen-bond acceptors (Lipinski definition) is 3. The van der Waals surface area contributed by atoms with Crippen molar-refractivity contribution in [3.63, 3.8) is 0 Å². The Morgan fingerprint density at radius 2 is 1.94 bits per heavy atom. The van der Waals surface area contributed by atoms with Gasteiger partial charge in [0.2, 0.25) is 5.91 Å². The summed E-state index contributed by atoms with van der Waals surface area (Å²) in [4.78, 5) is 11.8. The molecule has 2 rings (SSSR count). The van der Waals surface area contributed by atoms with E-state index in [9.17, 15) is 4.79 Å². The summed E-state index contributed by atoms with van der Waals surface area (Å²) < 4.78 is 0. The summed E-state index contributed by atoms with van der Waals surface area (Å²) in [5.41, 5.74) is 6.45. The number of nitrogens with one attached hydrogen (secondary N) is 1. The monoisotopic (exact) mass is 251 g/mol. The largest absolute Gasteiger partial charge is 0.324 e. The lowest BCUT2D eigenvalue weighted by atomic mass is 9.77. The van der Waals surface area contributed by atoms with Gasteiger partial charge in [-0.25, -0.2) is 0 Å². The molecule has 1 amide bonds. The van der Waals surface area contributed by atoms with Crippen LogP contribution < -0.4 is 11.1 Å². The van der Waals surface area contributed by atoms with E-state index in [0.717, 1.165) is 19.3 Å². The highest BCUT2D eigenvalue weighted by molar-refractivity contribution is 5.98. The summed E-state index contributed by atoms with van der Waals surface area (Å²) in [5, 5.41) is 11.4. The maximum atomic E-state index is 11.8. The van der Waals surface area contributed by atoms with E-state index in [-0.39, 0.29) is 18.3 Å². The average molecular weight is 252 g/mol. The van der Waals surface area contributed by atoms with Gasteiger partial charge in [-0.2, -0.15) is 5.26 Å². The Morgan fingerprint density at radius 3 is 2.35 bits per heavy atom. The molecular weight excluding hydrogens is 238 g/mol. The zero-order valence-electron chi connectivity index (χ0n) is 9.27. The molecule has 1 aromatic rings. The van der Waals surface area contributed by atoms with Gasteiger partial charge in [0.1, 0.15) is 0 Å². The molecule has 1 fully saturated rings. The van der Waals surface area contributed by atoms with Gasteiger partial charge in [0.05, 0.1) is 17.2 Å². The third-order valence-corrected chi connectivity index (χ3v) is 2.97. The molecule has 1 aliphatic rings. The number of rotatable bonds is 2. The summed E-state index contributed by atoms with van der Waals surface area (Å²) in [6, 6.07) is 8.77. The van der Waals surface area contributed by atoms with E-state index in [1.807, 2.05) is 6.07 Å². The van der Waals surface area contributed by atoms with Crippen LogP contribution in [-0.4, -0.2) is 11.4 Å². The lowest BCUT2D eigenvalue weighted by Gasteiger charge is -2.36. The van der Waals surface area contributed by atoms with Crippen LogP contribution >= 0.6 is 12.4 Å². The predicted molar refractivity (Wildman–Crippen MR) is 67.8 cm³/mol. The number of nitrogens with zero attached hydrogens (tertiary/aromatic N) is 1. The molecule has 1 aromatic carbocycles. The van der Waals surface area contributed by atoms with Crippen LogP contribution in [0.25, 0.3) is 0 Å². The van der Waals surface area contributed by atoms with Gasteiger partial charge in [-0.15, -0.1) is 12.4 Å². The van der Waals surface area contributed by atoms with Crippen molar-refractivity contribution >= 4 is 24.0 Å². The molecule has 0 atom stereocenters. The van der Waals surface area contributed by atoms with Crippen LogP contribution in [0.15, 0.2) is 24.3 Å². The highest BCUT2D eigenvalue weighted by Gasteiger charge is 2.39. The van der Waals surface area contributed by atoms with Crippen molar-refractivity contribution in [1.29, 1.82) is 5.26 Å². The summed E-state index contributed by atoms with van der Waals surface area (Å²) >= 11 is 0. The van der Waals surface area contributed by atoms with Crippen molar-refractivity contribution in [3.05, 3.63) is 29.8 Å². The number of halogens is 1. The van der Waals surface area contributed by atoms with Gasteiger partial charge in [-0.3, -0.25) is 4.79 Å². The standard InChI is InChI=1S/C12H13N3O.ClH/c13-8-9-2-4-10(5-3-9)15-11(16)12(14)6-1-7-12;/h2-5H,1,6-7,14H2,(H,15,16);1H. The van der Waals surface area contributed by atoms with Gasteiger partial charge in [0.15, 0.2) is 0 Å². The Balaban J connectivity index is 0.00000144. The Bertz CT molecular complexity index is 446. The van der Waals surface area contributed by atoms with E-state index >= 15 is 0 Å². The van der Waals surface area contributed by atoms with Crippen LogP contribution in [0.4, 0.5) is 5.69 Å². The van der Waals surface area contributed by atoms with Gasteiger partial charge < -0.3 is 11.1 Å². The van der Waals surface area contributed by atoms with Crippen molar-refractivity contribution in [3.8, 4) is 6.07 Å². The average Bonchev–Trinajstić information content (AvgIpc) is 2.27. The Kier molecular flexibility index (Phi) is 4.11. The van der Waals surface area contributed by atoms with Gasteiger partial charge in [0, 0.05) is 5.69 Å². The second kappa shape index (κ2) is 5.17. The smallest absolute Gasteiger partial charge is 0.244 e. The van der Waals surface area contributed by atoms with E-state index in [4.69, 9.17) is 11.0 Å². The quantitative estimate of drug-likeness (QED) is 0.841. The maximum absolute atomic E-state index is 11.8. The molecule has 3 N–H and O–H groups in total. The van der Waals surface area contributed by atoms with Crippen molar-refractivity contribution < 1.29 is 4.79 Å². The maximum Gasteiger partial charge on any atom is 0.244 e. The lowest BCUT2D eigenvalue weighted by Crippen LogP contribution is -2.56. The fraction of sp³-hybridized carbons (Fsp3) is 0.333. The van der Waals surface area contributed by atoms with Crippen molar-refractivity contribution in [1.82, 2.24) is 0 Å². The van der Waals surface area contributed by atoms with E-state index < -0.39 is 5.54 Å². The Hall–Kier alpha value is -1.57. The Morgan fingerprint density at radius 1 is 1.35 bits per heavy atom. The summed E-state index contributed by atoms with van der Waals surface area (Å²) in [7, 11) is 0. The molecule has 0 aromatic heterocycles. The number of amides is 1. The molecule has 0 heterocycles. The molecule has 17 heavy (non-hydrogen) atoms. The number of carbonyl (C=O) groups excluding carboxylic acids is 1. The minimum atomic E-state index is -0.687. The third-order valence-electron chi connectivity index (χ3n) is 2.97. The second-order valence-corrected chi connectivity index (χ2v) is 4.15. The predicted octanol–water partition coefficient (Wildman–Crippen LogP) is 1.80. The molecule has 0 aliphatic heterocycles. The summed E-state index contributed by atoms with van der Waals surface area (Å²) in [6.45, 7) is 0. The third kappa shape index (κ3) is 2.76. The SMILES string of the molecule is Cl.N#Cc1ccc(NC(=O)C2(N)CCC2)cc1. The number of carbonyl (C=O) groups is 1. The fourth-order valence-electron chi connectivity index (χ4n) is 1.67. The summed E-state index contributed by atoms with van der Waals surface area (Å²) in [5.74, 6) is -0.136. The first-order valence-corrected chi connectivity index (χ1v) is 5.24. The van der Waals surface area contributed by atoms with Crippen molar-refractivity contribution in [2.45, 2.75) is 24.8 Å². The molecule has 1 aliphatic carbocycles. The molecule has 0 radical (unpaired) electrons. The van der Waals surface area contributed by atoms with Gasteiger partial charge in [0.25, 0.3) is 0 Å². The van der Waals surface area contributed by atoms with Gasteiger partial charge >= 0.3 is 0 Å². The van der Waals surface area contributed by atoms with Gasteiger partial charge in [-0.1, -0.05) is 0 Å². The molecule has 5 heteroatoms. The number of nitriles is 1. The number of benzene rings is 1. The molecule has 90 valence electrons. The minimum absolute atomic E-state index is 0. The van der Waals surface area contributed by atoms with Crippen LogP contribution in [0, 0.1) is 11.3 Å². The first-order chi connectivity index (χ1) is 7.64. The summed E-state index contributed by atoms with van der Waals surface area (Å²) in [6.07, 6.45) is 2.50. The zero-order chi connectivity index (χ0) is 11.6. The molecule has 0 spiro atoms. The topological polar surface area (TPSA) is 78.9 Å². The Labute approximate surface area is 106 Å². The molecule has 4 nitrogen and oxygen atoms in total. The zero-order valence-corrected chi connectivity index (χ0v) is 10.1. The van der Waals surface area contributed by atoms with Crippen molar-refractivity contribution in [2.75, 3.05) is 5.32 Å². The fourth-order valence-corrected chi connectivity index (χ4v) is 1.67. The molecule has 1 saturated carbocycles. The number of anilines is 1. The first-order valence-electron chi connectivity index (χ1n) is 5.24. The van der Waals surface area contributed by atoms with Crippen LogP contribution in [-0.2, 0) is 4.79 Å². The van der Waals surface area contributed by atoms with Crippen LogP contribution in [0.1, 0.15) is 24.8 Å². The molecular formula is C12H14ClN3O. The van der Waals surface area contributed by atoms with E-state index in [0.29, 0.717) is 11.3 Å². The van der Waals surface area contributed by atoms with Crippen LogP contribution in [0.2, 0.25) is 0 Å². The number of nitrogens with two attached hydrogens (primary N) is 1. The van der Waals surface area contributed by atoms with Crippen LogP contribution in [0.5, 0.6) is 0 Å². The highest BCUT2D eigenvalue weighted by atomic mass is 35.5. The highest BCUT2D eigenvalue weighted by Crippen LogP contribution is 2.30.